The van der Waals surface area contributed by atoms with E-state index in [9.17, 15) is 17.6 Å². The van der Waals surface area contributed by atoms with Gasteiger partial charge in [-0.25, -0.2) is 22.8 Å². The average Bonchev–Trinajstić information content (AvgIpc) is 2.77. The number of methoxy groups -OCH3 is 1. The van der Waals surface area contributed by atoms with Crippen LogP contribution in [0.2, 0.25) is 0 Å². The molecule has 1 aromatic carbocycles. The predicted octanol–water partition coefficient (Wildman–Crippen LogP) is 2.43. The Hall–Kier alpha value is -3.08. The van der Waals surface area contributed by atoms with E-state index in [4.69, 9.17) is 10.5 Å². The average molecular weight is 464 g/mol. The maximum atomic E-state index is 14.9. The van der Waals surface area contributed by atoms with Crippen molar-refractivity contribution in [1.29, 1.82) is 0 Å². The van der Waals surface area contributed by atoms with Crippen LogP contribution in [0.1, 0.15) is 50.2 Å². The Balaban J connectivity index is 2.02. The number of amides is 1. The van der Waals surface area contributed by atoms with Crippen molar-refractivity contribution in [3.8, 4) is 5.88 Å². The number of sulfone groups is 1. The van der Waals surface area contributed by atoms with E-state index in [-0.39, 0.29) is 35.1 Å². The van der Waals surface area contributed by atoms with Crippen LogP contribution in [0.15, 0.2) is 35.6 Å². The van der Waals surface area contributed by atoms with Gasteiger partial charge in [0.15, 0.2) is 9.84 Å². The van der Waals surface area contributed by atoms with Crippen LogP contribution >= 0.6 is 0 Å². The van der Waals surface area contributed by atoms with E-state index in [1.807, 2.05) is 0 Å². The number of carbonyl (C=O) groups excluding carboxylic acids is 1. The molecule has 9 nitrogen and oxygen atoms in total. The molecule has 1 aliphatic heterocycles. The monoisotopic (exact) mass is 463 g/mol. The number of aliphatic imine (C=N–C) groups is 1. The molecule has 1 aliphatic rings. The van der Waals surface area contributed by atoms with Crippen molar-refractivity contribution in [3.05, 3.63) is 47.7 Å². The summed E-state index contributed by atoms with van der Waals surface area (Å²) in [6.45, 7) is 6.27. The zero-order valence-electron chi connectivity index (χ0n) is 18.5. The SMILES string of the molecule is CCC1(C)C(N)=N[C@](C)(c2cc(NC(=O)c3cnc(OC)cn3)ccc2F)C(C)S1(=O)=O. The first kappa shape index (κ1) is 23.6. The fraction of sp³-hybridized carbons (Fsp3) is 0.429. The lowest BCUT2D eigenvalue weighted by molar-refractivity contribution is 0.102. The number of nitrogens with two attached hydrogens (primary N) is 1. The highest BCUT2D eigenvalue weighted by atomic mass is 32.2. The van der Waals surface area contributed by atoms with Crippen molar-refractivity contribution in [2.45, 2.75) is 49.7 Å². The van der Waals surface area contributed by atoms with Gasteiger partial charge in [-0.2, -0.15) is 0 Å². The number of hydrogen-bond donors (Lipinski definition) is 2. The van der Waals surface area contributed by atoms with E-state index >= 15 is 0 Å². The second-order valence-electron chi connectivity index (χ2n) is 8.01. The zero-order chi connectivity index (χ0) is 23.9. The molecule has 0 fully saturated rings. The quantitative estimate of drug-likeness (QED) is 0.695. The van der Waals surface area contributed by atoms with E-state index < -0.39 is 37.1 Å². The van der Waals surface area contributed by atoms with E-state index in [0.29, 0.717) is 0 Å². The largest absolute Gasteiger partial charge is 0.480 e. The summed E-state index contributed by atoms with van der Waals surface area (Å²) in [4.78, 5) is 24.9. The molecule has 0 aliphatic carbocycles. The zero-order valence-corrected chi connectivity index (χ0v) is 19.3. The molecule has 3 atom stereocenters. The molecule has 3 N–H and O–H groups in total. The van der Waals surface area contributed by atoms with Gasteiger partial charge in [0.05, 0.1) is 24.8 Å². The Labute approximate surface area is 186 Å². The normalized spacial score (nSPS) is 26.8. The number of nitrogens with zero attached hydrogens (tertiary/aromatic N) is 3. The van der Waals surface area contributed by atoms with Crippen LogP contribution < -0.4 is 15.8 Å². The van der Waals surface area contributed by atoms with E-state index in [2.05, 4.69) is 20.3 Å². The number of aromatic nitrogens is 2. The molecule has 2 heterocycles. The predicted molar refractivity (Wildman–Crippen MR) is 119 cm³/mol. The third kappa shape index (κ3) is 3.60. The topological polar surface area (TPSA) is 137 Å². The minimum atomic E-state index is -3.80. The van der Waals surface area contributed by atoms with Crippen LogP contribution in [0.25, 0.3) is 0 Å². The van der Waals surface area contributed by atoms with Gasteiger partial charge in [0.1, 0.15) is 27.6 Å². The van der Waals surface area contributed by atoms with Crippen molar-refractivity contribution in [3.63, 3.8) is 0 Å². The van der Waals surface area contributed by atoms with E-state index in [1.165, 1.54) is 52.4 Å². The summed E-state index contributed by atoms with van der Waals surface area (Å²) < 4.78 is 45.1. The van der Waals surface area contributed by atoms with E-state index in [1.54, 1.807) is 6.92 Å². The fourth-order valence-corrected chi connectivity index (χ4v) is 5.99. The molecule has 0 spiro atoms. The number of carbonyl (C=O) groups is 1. The summed E-state index contributed by atoms with van der Waals surface area (Å²) in [7, 11) is -2.37. The lowest BCUT2D eigenvalue weighted by Gasteiger charge is -2.44. The number of amidine groups is 1. The Kier molecular flexibility index (Phi) is 5.98. The van der Waals surface area contributed by atoms with Crippen LogP contribution in [-0.4, -0.2) is 47.2 Å². The molecule has 11 heteroatoms. The minimum Gasteiger partial charge on any atom is -0.480 e. The third-order valence-electron chi connectivity index (χ3n) is 6.29. The van der Waals surface area contributed by atoms with Gasteiger partial charge in [0.25, 0.3) is 5.91 Å². The molecular weight excluding hydrogens is 437 g/mol. The van der Waals surface area contributed by atoms with Gasteiger partial charge >= 0.3 is 0 Å². The Morgan fingerprint density at radius 1 is 1.28 bits per heavy atom. The summed E-state index contributed by atoms with van der Waals surface area (Å²) in [5, 5.41) is 1.56. The van der Waals surface area contributed by atoms with Gasteiger partial charge in [-0.15, -0.1) is 0 Å². The first-order valence-corrected chi connectivity index (χ1v) is 11.5. The summed E-state index contributed by atoms with van der Waals surface area (Å²) in [6, 6.07) is 3.87. The molecule has 3 rings (SSSR count). The maximum absolute atomic E-state index is 14.9. The smallest absolute Gasteiger partial charge is 0.275 e. The van der Waals surface area contributed by atoms with Crippen LogP contribution in [0.5, 0.6) is 5.88 Å². The molecule has 1 aromatic heterocycles. The van der Waals surface area contributed by atoms with Crippen LogP contribution in [0.3, 0.4) is 0 Å². The Morgan fingerprint density at radius 3 is 2.53 bits per heavy atom. The molecule has 1 amide bonds. The van der Waals surface area contributed by atoms with Gasteiger partial charge in [0, 0.05) is 11.3 Å². The fourth-order valence-electron chi connectivity index (χ4n) is 3.68. The third-order valence-corrected chi connectivity index (χ3v) is 9.44. The summed E-state index contributed by atoms with van der Waals surface area (Å²) in [6.07, 6.45) is 2.78. The molecular formula is C21H26FN5O4S. The Morgan fingerprint density at radius 2 is 1.97 bits per heavy atom. The molecule has 32 heavy (non-hydrogen) atoms. The van der Waals surface area contributed by atoms with Gasteiger partial charge < -0.3 is 15.8 Å². The second-order valence-corrected chi connectivity index (χ2v) is 10.7. The van der Waals surface area contributed by atoms with Gasteiger partial charge in [-0.1, -0.05) is 6.92 Å². The van der Waals surface area contributed by atoms with Crippen LogP contribution in [0.4, 0.5) is 10.1 Å². The van der Waals surface area contributed by atoms with Crippen LogP contribution in [-0.2, 0) is 15.4 Å². The summed E-state index contributed by atoms with van der Waals surface area (Å²) in [5.41, 5.74) is 4.89. The number of ether oxygens (including phenoxy) is 1. The summed E-state index contributed by atoms with van der Waals surface area (Å²) >= 11 is 0. The number of rotatable bonds is 5. The van der Waals surface area contributed by atoms with E-state index in [0.717, 1.165) is 6.07 Å². The molecule has 0 radical (unpaired) electrons. The lowest BCUT2D eigenvalue weighted by Crippen LogP contribution is -2.60. The molecule has 172 valence electrons. The van der Waals surface area contributed by atoms with Crippen LogP contribution in [0, 0.1) is 5.82 Å². The molecule has 0 saturated carbocycles. The summed E-state index contributed by atoms with van der Waals surface area (Å²) in [5.74, 6) is -1.05. The molecule has 2 unspecified atom stereocenters. The number of benzene rings is 1. The molecule has 2 aromatic rings. The van der Waals surface area contributed by atoms with Gasteiger partial charge in [0.2, 0.25) is 5.88 Å². The second kappa shape index (κ2) is 8.12. The maximum Gasteiger partial charge on any atom is 0.275 e. The first-order chi connectivity index (χ1) is 14.9. The standard InChI is InChI=1S/C21H26FN5O4S/c1-6-20(3)19(23)27-21(4,12(2)32(20,29)30)14-9-13(7-8-15(14)22)26-18(28)16-10-25-17(31-5)11-24-16/h7-12H,6H2,1-5H3,(H2,23,27)(H,26,28)/t12?,20?,21-/m0/s1. The van der Waals surface area contributed by atoms with Crippen molar-refractivity contribution in [2.75, 3.05) is 12.4 Å². The van der Waals surface area contributed by atoms with Crippen molar-refractivity contribution >= 4 is 27.3 Å². The van der Waals surface area contributed by atoms with Crippen molar-refractivity contribution < 1.29 is 22.3 Å². The first-order valence-electron chi connectivity index (χ1n) is 9.97. The van der Waals surface area contributed by atoms with Gasteiger partial charge in [-0.3, -0.25) is 9.79 Å². The minimum absolute atomic E-state index is 0.00768. The highest BCUT2D eigenvalue weighted by Gasteiger charge is 2.56. The molecule has 0 bridgehead atoms. The highest BCUT2D eigenvalue weighted by molar-refractivity contribution is 7.94. The van der Waals surface area contributed by atoms with Gasteiger partial charge in [-0.05, 0) is 45.4 Å². The number of hydrogen-bond acceptors (Lipinski definition) is 8. The van der Waals surface area contributed by atoms with Crippen molar-refractivity contribution in [2.24, 2.45) is 10.7 Å². The van der Waals surface area contributed by atoms with Crippen molar-refractivity contribution in [1.82, 2.24) is 9.97 Å². The Bertz CT molecular complexity index is 1190. The number of halogens is 1. The highest BCUT2D eigenvalue weighted by Crippen LogP contribution is 2.44. The molecule has 0 saturated heterocycles. The lowest BCUT2D eigenvalue weighted by atomic mass is 9.87. The number of nitrogens with one attached hydrogen (secondary N) is 1. The number of anilines is 1.